The standard InChI is InChI=1S/C14H25NO5/c1-12(2,3)20-11(17)15-6-4-14(18,8-15)13(9-16)5-7-19-10-13/h16,18H,4-10H2,1-3H3. The molecule has 0 aromatic carbocycles. The minimum atomic E-state index is -1.10. The average Bonchev–Trinajstić information content (AvgIpc) is 2.94. The molecule has 2 fully saturated rings. The molecule has 2 unspecified atom stereocenters. The van der Waals surface area contributed by atoms with Crippen LogP contribution in [0.4, 0.5) is 4.79 Å². The van der Waals surface area contributed by atoms with Gasteiger partial charge in [0.2, 0.25) is 0 Å². The molecular weight excluding hydrogens is 262 g/mol. The van der Waals surface area contributed by atoms with Gasteiger partial charge in [-0.05, 0) is 33.6 Å². The van der Waals surface area contributed by atoms with Gasteiger partial charge >= 0.3 is 6.09 Å². The Balaban J connectivity index is 2.05. The molecule has 2 heterocycles. The molecule has 0 aromatic heterocycles. The van der Waals surface area contributed by atoms with Gasteiger partial charge in [-0.1, -0.05) is 0 Å². The lowest BCUT2D eigenvalue weighted by Gasteiger charge is -2.40. The quantitative estimate of drug-likeness (QED) is 0.784. The third-order valence-corrected chi connectivity index (χ3v) is 4.29. The highest BCUT2D eigenvalue weighted by Crippen LogP contribution is 2.44. The van der Waals surface area contributed by atoms with Crippen molar-refractivity contribution in [2.75, 3.05) is 32.9 Å². The molecule has 2 N–H and O–H groups in total. The van der Waals surface area contributed by atoms with E-state index in [1.165, 1.54) is 4.90 Å². The number of hydrogen-bond donors (Lipinski definition) is 2. The number of ether oxygens (including phenoxy) is 2. The van der Waals surface area contributed by atoms with Gasteiger partial charge in [0.05, 0.1) is 25.4 Å². The van der Waals surface area contributed by atoms with Gasteiger partial charge in [0.1, 0.15) is 5.60 Å². The zero-order chi connectivity index (χ0) is 15.0. The van der Waals surface area contributed by atoms with E-state index in [1.54, 1.807) is 0 Å². The number of carbonyl (C=O) groups is 1. The first-order valence-electron chi connectivity index (χ1n) is 7.10. The van der Waals surface area contributed by atoms with Crippen LogP contribution in [-0.4, -0.2) is 65.3 Å². The Morgan fingerprint density at radius 3 is 2.60 bits per heavy atom. The molecule has 6 nitrogen and oxygen atoms in total. The van der Waals surface area contributed by atoms with Crippen LogP contribution in [0.5, 0.6) is 0 Å². The van der Waals surface area contributed by atoms with Crippen LogP contribution < -0.4 is 0 Å². The summed E-state index contributed by atoms with van der Waals surface area (Å²) in [5.74, 6) is 0. The lowest BCUT2D eigenvalue weighted by Crippen LogP contribution is -2.53. The van der Waals surface area contributed by atoms with Crippen LogP contribution >= 0.6 is 0 Å². The summed E-state index contributed by atoms with van der Waals surface area (Å²) in [4.78, 5) is 13.6. The summed E-state index contributed by atoms with van der Waals surface area (Å²) in [6, 6.07) is 0. The number of hydrogen-bond acceptors (Lipinski definition) is 5. The summed E-state index contributed by atoms with van der Waals surface area (Å²) in [5, 5.41) is 20.5. The summed E-state index contributed by atoms with van der Waals surface area (Å²) in [5.41, 5.74) is -2.32. The summed E-state index contributed by atoms with van der Waals surface area (Å²) >= 11 is 0. The van der Waals surface area contributed by atoms with E-state index in [1.807, 2.05) is 20.8 Å². The molecule has 1 amide bonds. The van der Waals surface area contributed by atoms with Crippen LogP contribution in [0.3, 0.4) is 0 Å². The molecule has 0 bridgehead atoms. The van der Waals surface area contributed by atoms with Crippen LogP contribution in [0, 0.1) is 5.41 Å². The number of carbonyl (C=O) groups excluding carboxylic acids is 1. The predicted octanol–water partition coefficient (Wildman–Crippen LogP) is 0.757. The Bertz CT molecular complexity index is 372. The van der Waals surface area contributed by atoms with Gasteiger partial charge in [-0.25, -0.2) is 4.79 Å². The van der Waals surface area contributed by atoms with Crippen molar-refractivity contribution in [3.8, 4) is 0 Å². The molecule has 6 heteroatoms. The Kier molecular flexibility index (Phi) is 4.01. The van der Waals surface area contributed by atoms with Crippen LogP contribution in [0.25, 0.3) is 0 Å². The minimum absolute atomic E-state index is 0.133. The highest BCUT2D eigenvalue weighted by molar-refractivity contribution is 5.68. The molecule has 0 radical (unpaired) electrons. The maximum absolute atomic E-state index is 12.1. The lowest BCUT2D eigenvalue weighted by atomic mass is 9.71. The van der Waals surface area contributed by atoms with Crippen molar-refractivity contribution in [1.29, 1.82) is 0 Å². The van der Waals surface area contributed by atoms with E-state index in [0.29, 0.717) is 32.6 Å². The number of rotatable bonds is 2. The summed E-state index contributed by atoms with van der Waals surface area (Å²) in [6.07, 6.45) is 0.638. The summed E-state index contributed by atoms with van der Waals surface area (Å²) < 4.78 is 10.7. The van der Waals surface area contributed by atoms with Gasteiger partial charge < -0.3 is 24.6 Å². The van der Waals surface area contributed by atoms with Gasteiger partial charge in [0, 0.05) is 18.6 Å². The van der Waals surface area contributed by atoms with E-state index in [-0.39, 0.29) is 13.2 Å². The van der Waals surface area contributed by atoms with Crippen molar-refractivity contribution in [2.45, 2.75) is 44.8 Å². The molecule has 2 aliphatic rings. The number of likely N-dealkylation sites (tertiary alicyclic amines) is 1. The fourth-order valence-corrected chi connectivity index (χ4v) is 2.96. The van der Waals surface area contributed by atoms with Gasteiger partial charge in [-0.3, -0.25) is 0 Å². The molecule has 20 heavy (non-hydrogen) atoms. The number of aliphatic hydroxyl groups excluding tert-OH is 1. The Labute approximate surface area is 119 Å². The van der Waals surface area contributed by atoms with E-state index in [2.05, 4.69) is 0 Å². The number of β-amino-alcohol motifs (C(OH)–C–C–N with tert-alkyl or cyclic N) is 1. The number of aliphatic hydroxyl groups is 2. The second kappa shape index (κ2) is 5.16. The Morgan fingerprint density at radius 1 is 1.40 bits per heavy atom. The zero-order valence-corrected chi connectivity index (χ0v) is 12.5. The second-order valence-corrected chi connectivity index (χ2v) is 6.92. The van der Waals surface area contributed by atoms with Crippen molar-refractivity contribution in [3.63, 3.8) is 0 Å². The normalized spacial score (nSPS) is 34.5. The summed E-state index contributed by atoms with van der Waals surface area (Å²) in [6.45, 7) is 6.80. The van der Waals surface area contributed by atoms with Crippen molar-refractivity contribution in [1.82, 2.24) is 4.90 Å². The van der Waals surface area contributed by atoms with Gasteiger partial charge in [0.15, 0.2) is 0 Å². The maximum atomic E-state index is 12.1. The van der Waals surface area contributed by atoms with Crippen molar-refractivity contribution < 1.29 is 24.5 Å². The topological polar surface area (TPSA) is 79.2 Å². The third kappa shape index (κ3) is 2.77. The SMILES string of the molecule is CC(C)(C)OC(=O)N1CCC(O)(C2(CO)CCOC2)C1. The molecule has 0 spiro atoms. The average molecular weight is 287 g/mol. The highest BCUT2D eigenvalue weighted by atomic mass is 16.6. The van der Waals surface area contributed by atoms with Crippen molar-refractivity contribution in [2.24, 2.45) is 5.41 Å². The monoisotopic (exact) mass is 287 g/mol. The second-order valence-electron chi connectivity index (χ2n) is 6.92. The maximum Gasteiger partial charge on any atom is 0.410 e. The van der Waals surface area contributed by atoms with Crippen LogP contribution in [0.15, 0.2) is 0 Å². The molecule has 2 atom stereocenters. The number of nitrogens with zero attached hydrogens (tertiary/aromatic N) is 1. The van der Waals surface area contributed by atoms with Crippen LogP contribution in [0.1, 0.15) is 33.6 Å². The largest absolute Gasteiger partial charge is 0.444 e. The molecule has 0 aromatic rings. The van der Waals surface area contributed by atoms with Crippen LogP contribution in [0.2, 0.25) is 0 Å². The Morgan fingerprint density at radius 2 is 2.10 bits per heavy atom. The van der Waals surface area contributed by atoms with Crippen molar-refractivity contribution in [3.05, 3.63) is 0 Å². The predicted molar refractivity (Wildman–Crippen MR) is 72.3 cm³/mol. The fraction of sp³-hybridized carbons (Fsp3) is 0.929. The summed E-state index contributed by atoms with van der Waals surface area (Å²) in [7, 11) is 0. The van der Waals surface area contributed by atoms with E-state index in [9.17, 15) is 15.0 Å². The van der Waals surface area contributed by atoms with Gasteiger partial charge in [0.25, 0.3) is 0 Å². The molecule has 0 aliphatic carbocycles. The van der Waals surface area contributed by atoms with E-state index in [4.69, 9.17) is 9.47 Å². The lowest BCUT2D eigenvalue weighted by molar-refractivity contribution is -0.102. The molecule has 2 aliphatic heterocycles. The first-order chi connectivity index (χ1) is 9.21. The Hall–Kier alpha value is -0.850. The smallest absolute Gasteiger partial charge is 0.410 e. The van der Waals surface area contributed by atoms with Gasteiger partial charge in [-0.2, -0.15) is 0 Å². The van der Waals surface area contributed by atoms with E-state index < -0.39 is 22.7 Å². The first kappa shape index (κ1) is 15.5. The molecule has 116 valence electrons. The third-order valence-electron chi connectivity index (χ3n) is 4.29. The molecule has 0 saturated carbocycles. The zero-order valence-electron chi connectivity index (χ0n) is 12.5. The minimum Gasteiger partial charge on any atom is -0.444 e. The van der Waals surface area contributed by atoms with E-state index in [0.717, 1.165) is 0 Å². The number of amides is 1. The van der Waals surface area contributed by atoms with Crippen molar-refractivity contribution >= 4 is 6.09 Å². The van der Waals surface area contributed by atoms with Crippen LogP contribution in [-0.2, 0) is 9.47 Å². The van der Waals surface area contributed by atoms with E-state index >= 15 is 0 Å². The molecule has 2 saturated heterocycles. The molecular formula is C14H25NO5. The van der Waals surface area contributed by atoms with Gasteiger partial charge in [-0.15, -0.1) is 0 Å². The first-order valence-corrected chi connectivity index (χ1v) is 7.10. The highest BCUT2D eigenvalue weighted by Gasteiger charge is 2.56. The molecule has 2 rings (SSSR count). The fourth-order valence-electron chi connectivity index (χ4n) is 2.96.